The lowest BCUT2D eigenvalue weighted by Gasteiger charge is -2.34. The summed E-state index contributed by atoms with van der Waals surface area (Å²) in [4.78, 5) is 25.4. The van der Waals surface area contributed by atoms with Gasteiger partial charge in [0.25, 0.3) is 0 Å². The first kappa shape index (κ1) is 11.8. The molecule has 0 spiro atoms. The summed E-state index contributed by atoms with van der Waals surface area (Å²) in [6.45, 7) is 2.36. The van der Waals surface area contributed by atoms with Gasteiger partial charge in [0.05, 0.1) is 0 Å². The van der Waals surface area contributed by atoms with E-state index in [0.29, 0.717) is 19.0 Å². The number of hydrogen-bond donors (Lipinski definition) is 1. The van der Waals surface area contributed by atoms with Crippen LogP contribution in [-0.4, -0.2) is 46.8 Å². The third-order valence-corrected chi connectivity index (χ3v) is 4.29. The zero-order valence-electron chi connectivity index (χ0n) is 9.57. The summed E-state index contributed by atoms with van der Waals surface area (Å²) in [5, 5.41) is 2.73. The summed E-state index contributed by atoms with van der Waals surface area (Å²) >= 11 is 1.95. The first-order valence-electron chi connectivity index (χ1n) is 5.86. The van der Waals surface area contributed by atoms with Crippen LogP contribution in [0.4, 0.5) is 0 Å². The number of thioether (sulfide) groups is 1. The molecule has 2 rings (SSSR count). The minimum Gasteiger partial charge on any atom is -0.345 e. The predicted molar refractivity (Wildman–Crippen MR) is 64.3 cm³/mol. The molecule has 2 amide bonds. The van der Waals surface area contributed by atoms with Gasteiger partial charge in [0.2, 0.25) is 11.8 Å². The van der Waals surface area contributed by atoms with E-state index in [1.54, 1.807) is 6.92 Å². The highest BCUT2D eigenvalue weighted by atomic mass is 32.2. The Balaban J connectivity index is 2.06. The molecule has 0 aromatic rings. The van der Waals surface area contributed by atoms with E-state index in [0.717, 1.165) is 24.3 Å². The average molecular weight is 242 g/mol. The van der Waals surface area contributed by atoms with Gasteiger partial charge in [-0.1, -0.05) is 0 Å². The Bertz CT molecular complexity index is 290. The van der Waals surface area contributed by atoms with E-state index in [4.69, 9.17) is 0 Å². The van der Waals surface area contributed by atoms with Crippen molar-refractivity contribution in [1.29, 1.82) is 0 Å². The van der Waals surface area contributed by atoms with Crippen molar-refractivity contribution in [3.63, 3.8) is 0 Å². The number of rotatable bonds is 1. The van der Waals surface area contributed by atoms with E-state index in [1.165, 1.54) is 0 Å². The highest BCUT2D eigenvalue weighted by Gasteiger charge is 2.31. The van der Waals surface area contributed by atoms with Gasteiger partial charge < -0.3 is 10.2 Å². The molecule has 0 aromatic heterocycles. The second kappa shape index (κ2) is 5.08. The minimum absolute atomic E-state index is 0.00599. The van der Waals surface area contributed by atoms with Gasteiger partial charge in [0, 0.05) is 19.0 Å². The molecule has 0 aromatic carbocycles. The molecule has 0 bridgehead atoms. The SMILES string of the molecule is CC1NC(=O)CCN(C2CCSCC2)C1=O. The maximum absolute atomic E-state index is 12.1. The largest absolute Gasteiger partial charge is 0.345 e. The Hall–Kier alpha value is -0.710. The number of amides is 2. The first-order valence-corrected chi connectivity index (χ1v) is 7.01. The van der Waals surface area contributed by atoms with Gasteiger partial charge in [-0.2, -0.15) is 11.8 Å². The summed E-state index contributed by atoms with van der Waals surface area (Å²) in [7, 11) is 0. The van der Waals surface area contributed by atoms with Crippen molar-refractivity contribution in [3.8, 4) is 0 Å². The zero-order chi connectivity index (χ0) is 11.5. The molecule has 1 atom stereocenters. The number of nitrogens with one attached hydrogen (secondary N) is 1. The van der Waals surface area contributed by atoms with Crippen molar-refractivity contribution in [2.24, 2.45) is 0 Å². The number of hydrogen-bond acceptors (Lipinski definition) is 3. The topological polar surface area (TPSA) is 49.4 Å². The summed E-state index contributed by atoms with van der Waals surface area (Å²) in [5.74, 6) is 2.34. The molecule has 0 radical (unpaired) electrons. The van der Waals surface area contributed by atoms with Crippen molar-refractivity contribution in [2.45, 2.75) is 38.3 Å². The summed E-state index contributed by atoms with van der Waals surface area (Å²) < 4.78 is 0. The molecule has 0 aliphatic carbocycles. The molecule has 1 N–H and O–H groups in total. The zero-order valence-corrected chi connectivity index (χ0v) is 10.4. The lowest BCUT2D eigenvalue weighted by atomic mass is 10.1. The van der Waals surface area contributed by atoms with Crippen molar-refractivity contribution in [1.82, 2.24) is 10.2 Å². The first-order chi connectivity index (χ1) is 7.68. The molecule has 5 heteroatoms. The Morgan fingerprint density at radius 2 is 2.00 bits per heavy atom. The van der Waals surface area contributed by atoms with Crippen molar-refractivity contribution in [3.05, 3.63) is 0 Å². The molecule has 2 heterocycles. The summed E-state index contributed by atoms with van der Waals surface area (Å²) in [6, 6.07) is -0.00604. The van der Waals surface area contributed by atoms with Gasteiger partial charge in [0.15, 0.2) is 0 Å². The fourth-order valence-corrected chi connectivity index (χ4v) is 3.40. The molecule has 1 unspecified atom stereocenters. The molecule has 2 fully saturated rings. The van der Waals surface area contributed by atoms with Crippen LogP contribution >= 0.6 is 11.8 Å². The quantitative estimate of drug-likeness (QED) is 0.733. The van der Waals surface area contributed by atoms with Gasteiger partial charge >= 0.3 is 0 Å². The van der Waals surface area contributed by atoms with E-state index in [9.17, 15) is 9.59 Å². The minimum atomic E-state index is -0.357. The van der Waals surface area contributed by atoms with Gasteiger partial charge in [0.1, 0.15) is 6.04 Å². The van der Waals surface area contributed by atoms with E-state index >= 15 is 0 Å². The third kappa shape index (κ3) is 2.51. The molecule has 0 saturated carbocycles. The molecule has 2 saturated heterocycles. The van der Waals surface area contributed by atoms with Crippen LogP contribution in [0.2, 0.25) is 0 Å². The monoisotopic (exact) mass is 242 g/mol. The number of carbonyl (C=O) groups is 2. The predicted octanol–water partition coefficient (Wildman–Crippen LogP) is 0.619. The summed E-state index contributed by atoms with van der Waals surface area (Å²) in [5.41, 5.74) is 0. The van der Waals surface area contributed by atoms with Crippen LogP contribution in [0.25, 0.3) is 0 Å². The van der Waals surface area contributed by atoms with Crippen LogP contribution in [0.1, 0.15) is 26.2 Å². The van der Waals surface area contributed by atoms with Gasteiger partial charge in [-0.25, -0.2) is 0 Å². The van der Waals surface area contributed by atoms with Gasteiger partial charge in [-0.3, -0.25) is 9.59 Å². The molecule has 16 heavy (non-hydrogen) atoms. The highest BCUT2D eigenvalue weighted by molar-refractivity contribution is 7.99. The smallest absolute Gasteiger partial charge is 0.245 e. The number of nitrogens with zero attached hydrogens (tertiary/aromatic N) is 1. The van der Waals surface area contributed by atoms with Crippen LogP contribution in [0.3, 0.4) is 0 Å². The number of carbonyl (C=O) groups excluding carboxylic acids is 2. The second-order valence-electron chi connectivity index (χ2n) is 4.41. The third-order valence-electron chi connectivity index (χ3n) is 3.24. The van der Waals surface area contributed by atoms with E-state index in [-0.39, 0.29) is 17.9 Å². The lowest BCUT2D eigenvalue weighted by molar-refractivity contribution is -0.135. The lowest BCUT2D eigenvalue weighted by Crippen LogP contribution is -2.48. The fourth-order valence-electron chi connectivity index (χ4n) is 2.32. The van der Waals surface area contributed by atoms with Crippen LogP contribution in [-0.2, 0) is 9.59 Å². The van der Waals surface area contributed by atoms with Crippen molar-refractivity contribution in [2.75, 3.05) is 18.1 Å². The maximum Gasteiger partial charge on any atom is 0.245 e. The molecule has 2 aliphatic rings. The summed E-state index contributed by atoms with van der Waals surface area (Å²) in [6.07, 6.45) is 2.58. The molecule has 2 aliphatic heterocycles. The van der Waals surface area contributed by atoms with Crippen LogP contribution in [0.5, 0.6) is 0 Å². The molecule has 90 valence electrons. The van der Waals surface area contributed by atoms with Crippen LogP contribution < -0.4 is 5.32 Å². The van der Waals surface area contributed by atoms with E-state index in [1.807, 2.05) is 16.7 Å². The van der Waals surface area contributed by atoms with Gasteiger partial charge in [-0.15, -0.1) is 0 Å². The standard InChI is InChI=1S/C11H18N2O2S/c1-8-11(15)13(5-2-10(14)12-8)9-3-6-16-7-4-9/h8-9H,2-7H2,1H3,(H,12,14). The average Bonchev–Trinajstić information content (AvgIpc) is 2.41. The Morgan fingerprint density at radius 1 is 1.31 bits per heavy atom. The Morgan fingerprint density at radius 3 is 2.69 bits per heavy atom. The van der Waals surface area contributed by atoms with Crippen LogP contribution in [0.15, 0.2) is 0 Å². The molecular formula is C11H18N2O2S. The fraction of sp³-hybridized carbons (Fsp3) is 0.818. The van der Waals surface area contributed by atoms with Crippen LogP contribution in [0, 0.1) is 0 Å². The second-order valence-corrected chi connectivity index (χ2v) is 5.64. The normalized spacial score (nSPS) is 28.8. The van der Waals surface area contributed by atoms with Crippen molar-refractivity contribution < 1.29 is 9.59 Å². The molecule has 4 nitrogen and oxygen atoms in total. The maximum atomic E-state index is 12.1. The van der Waals surface area contributed by atoms with Crippen molar-refractivity contribution >= 4 is 23.6 Å². The molecular weight excluding hydrogens is 224 g/mol. The van der Waals surface area contributed by atoms with E-state index < -0.39 is 0 Å². The Kier molecular flexibility index (Phi) is 3.74. The Labute approximate surface area is 100 Å². The highest BCUT2D eigenvalue weighted by Crippen LogP contribution is 2.23. The van der Waals surface area contributed by atoms with Gasteiger partial charge in [-0.05, 0) is 31.3 Å². The van der Waals surface area contributed by atoms with E-state index in [2.05, 4.69) is 5.32 Å².